The normalized spacial score (nSPS) is 13.0. The highest BCUT2D eigenvalue weighted by molar-refractivity contribution is 6.15. The van der Waals surface area contributed by atoms with Crippen LogP contribution >= 0.6 is 0 Å². The largest absolute Gasteiger partial charge is 0.309 e. The summed E-state index contributed by atoms with van der Waals surface area (Å²) in [5, 5.41) is 5.92. The average molecular weight is 927 g/mol. The Bertz CT molecular complexity index is 4510. The molecule has 0 saturated carbocycles. The number of hydrogen-bond acceptors (Lipinski definition) is 2. The van der Waals surface area contributed by atoms with Gasteiger partial charge in [-0.3, -0.25) is 4.57 Å². The van der Waals surface area contributed by atoms with E-state index in [0.29, 0.717) is 0 Å². The zero-order valence-corrected chi connectivity index (χ0v) is 39.5. The van der Waals surface area contributed by atoms with E-state index in [0.717, 1.165) is 83.5 Å². The molecule has 0 amide bonds. The quantitative estimate of drug-likeness (QED) is 0.161. The van der Waals surface area contributed by atoms with E-state index in [1.807, 2.05) is 0 Å². The minimum atomic E-state index is -0.460. The fourth-order valence-electron chi connectivity index (χ4n) is 12.9. The van der Waals surface area contributed by atoms with Crippen molar-refractivity contribution in [2.24, 2.45) is 0 Å². The van der Waals surface area contributed by atoms with Gasteiger partial charge in [0.2, 0.25) is 0 Å². The summed E-state index contributed by atoms with van der Waals surface area (Å²) in [5.74, 6) is 0.908. The van der Waals surface area contributed by atoms with E-state index >= 15 is 0 Å². The fraction of sp³-hybridized carbons (Fsp3) is 0.0145. The van der Waals surface area contributed by atoms with Crippen LogP contribution in [0, 0.1) is 0 Å². The minimum Gasteiger partial charge on any atom is -0.309 e. The number of rotatable bonds is 5. The Morgan fingerprint density at radius 3 is 1.47 bits per heavy atom. The van der Waals surface area contributed by atoms with Crippen molar-refractivity contribution in [3.63, 3.8) is 0 Å². The number of benzene rings is 11. The highest BCUT2D eigenvalue weighted by Crippen LogP contribution is 2.63. The van der Waals surface area contributed by atoms with Gasteiger partial charge >= 0.3 is 0 Å². The lowest BCUT2D eigenvalue weighted by molar-refractivity contribution is 0.795. The summed E-state index contributed by atoms with van der Waals surface area (Å²) in [6.45, 7) is 0. The Morgan fingerprint density at radius 2 is 0.795 bits per heavy atom. The molecule has 0 radical (unpaired) electrons. The van der Waals surface area contributed by atoms with Gasteiger partial charge < -0.3 is 4.57 Å². The first-order valence-corrected chi connectivity index (χ1v) is 25.1. The molecule has 73 heavy (non-hydrogen) atoms. The van der Waals surface area contributed by atoms with E-state index in [4.69, 9.17) is 9.97 Å². The van der Waals surface area contributed by atoms with Gasteiger partial charge in [0.05, 0.1) is 38.7 Å². The lowest BCUT2D eigenvalue weighted by Crippen LogP contribution is -2.25. The monoisotopic (exact) mass is 926 g/mol. The van der Waals surface area contributed by atoms with E-state index < -0.39 is 5.41 Å². The van der Waals surface area contributed by atoms with E-state index in [9.17, 15) is 0 Å². The van der Waals surface area contributed by atoms with Gasteiger partial charge in [-0.2, -0.15) is 0 Å². The molecule has 338 valence electrons. The summed E-state index contributed by atoms with van der Waals surface area (Å²) in [7, 11) is 0. The van der Waals surface area contributed by atoms with E-state index in [1.165, 1.54) is 60.7 Å². The average Bonchev–Trinajstić information content (AvgIpc) is 4.19. The minimum absolute atomic E-state index is 0.460. The highest BCUT2D eigenvalue weighted by Gasteiger charge is 2.51. The lowest BCUT2D eigenvalue weighted by Gasteiger charge is -2.30. The van der Waals surface area contributed by atoms with Gasteiger partial charge in [-0.1, -0.05) is 182 Å². The summed E-state index contributed by atoms with van der Waals surface area (Å²) in [5.41, 5.74) is 22.8. The summed E-state index contributed by atoms with van der Waals surface area (Å²) in [4.78, 5) is 10.9. The number of imidazole rings is 1. The standard InChI is InChI=1S/C69H42N4/c1-2-18-47(19-3-1)73-66-33-17-14-30-63(66)71-68(73)44-36-34-43(35-37-44)45-38-46(40-48(39-45)72-64-31-15-8-24-53(64)54-25-9-16-32-65(54)72)67-57-41-56-51-22-6-12-28-60(51)69(61(56)42-55(57)52-23-7-13-29-62(52)70-67)58-26-10-4-20-49(58)50-21-5-11-27-59(50)69/h1-42H. The van der Waals surface area contributed by atoms with Crippen LogP contribution in [0.5, 0.6) is 0 Å². The van der Waals surface area contributed by atoms with Crippen LogP contribution in [0.1, 0.15) is 22.3 Å². The molecule has 2 aliphatic rings. The van der Waals surface area contributed by atoms with Crippen molar-refractivity contribution in [2.75, 3.05) is 0 Å². The molecule has 3 aromatic heterocycles. The summed E-state index contributed by atoms with van der Waals surface area (Å²) < 4.78 is 4.70. The third-order valence-electron chi connectivity index (χ3n) is 15.9. The Morgan fingerprint density at radius 1 is 0.274 bits per heavy atom. The van der Waals surface area contributed by atoms with Crippen LogP contribution in [0.25, 0.3) is 122 Å². The first-order chi connectivity index (χ1) is 36.2. The molecule has 0 fully saturated rings. The van der Waals surface area contributed by atoms with Crippen molar-refractivity contribution < 1.29 is 0 Å². The van der Waals surface area contributed by atoms with Crippen LogP contribution in [-0.2, 0) is 5.41 Å². The van der Waals surface area contributed by atoms with Gasteiger partial charge in [0.15, 0.2) is 0 Å². The van der Waals surface area contributed by atoms with Gasteiger partial charge in [-0.15, -0.1) is 0 Å². The summed E-state index contributed by atoms with van der Waals surface area (Å²) in [6, 6.07) is 93.4. The van der Waals surface area contributed by atoms with Crippen LogP contribution in [0.3, 0.4) is 0 Å². The molecule has 4 nitrogen and oxygen atoms in total. The smallest absolute Gasteiger partial charge is 0.145 e. The van der Waals surface area contributed by atoms with Gasteiger partial charge in [0, 0.05) is 44.0 Å². The maximum absolute atomic E-state index is 5.69. The molecule has 16 rings (SSSR count). The van der Waals surface area contributed by atoms with Crippen LogP contribution in [0.15, 0.2) is 255 Å². The molecule has 0 atom stereocenters. The first-order valence-electron chi connectivity index (χ1n) is 25.1. The molecule has 0 bridgehead atoms. The zero-order valence-electron chi connectivity index (χ0n) is 39.5. The lowest BCUT2D eigenvalue weighted by atomic mass is 9.70. The molecular formula is C69H42N4. The van der Waals surface area contributed by atoms with Crippen molar-refractivity contribution in [1.29, 1.82) is 0 Å². The molecule has 14 aromatic rings. The Balaban J connectivity index is 0.955. The Hall–Kier alpha value is -9.64. The molecule has 4 heteroatoms. The predicted octanol–water partition coefficient (Wildman–Crippen LogP) is 17.2. The Labute approximate surface area is 421 Å². The molecule has 0 saturated heterocycles. The Kier molecular flexibility index (Phi) is 8.35. The van der Waals surface area contributed by atoms with Crippen LogP contribution in [0.2, 0.25) is 0 Å². The highest BCUT2D eigenvalue weighted by atomic mass is 15.1. The molecule has 1 spiro atoms. The van der Waals surface area contributed by atoms with Crippen LogP contribution in [0.4, 0.5) is 0 Å². The third kappa shape index (κ3) is 5.60. The van der Waals surface area contributed by atoms with Gasteiger partial charge in [-0.25, -0.2) is 9.97 Å². The van der Waals surface area contributed by atoms with Gasteiger partial charge in [0.25, 0.3) is 0 Å². The number of hydrogen-bond donors (Lipinski definition) is 0. The SMILES string of the molecule is c1ccc(-n2c(-c3ccc(-c4cc(-c5nc6ccccc6c6cc7c(cc56)-c5ccccc5C75c6ccccc6-c6ccccc65)cc(-n5c6ccccc6c6ccccc65)c4)cc3)nc3ccccc32)cc1. The van der Waals surface area contributed by atoms with E-state index in [2.05, 4.69) is 264 Å². The predicted molar refractivity (Wildman–Crippen MR) is 301 cm³/mol. The molecule has 0 N–H and O–H groups in total. The fourth-order valence-corrected chi connectivity index (χ4v) is 12.9. The molecule has 3 heterocycles. The van der Waals surface area contributed by atoms with Crippen molar-refractivity contribution >= 4 is 54.5 Å². The van der Waals surface area contributed by atoms with Crippen molar-refractivity contribution in [1.82, 2.24) is 19.1 Å². The van der Waals surface area contributed by atoms with E-state index in [1.54, 1.807) is 0 Å². The molecular weight excluding hydrogens is 885 g/mol. The van der Waals surface area contributed by atoms with Crippen molar-refractivity contribution in [2.45, 2.75) is 5.41 Å². The zero-order chi connectivity index (χ0) is 47.8. The molecule has 11 aromatic carbocycles. The molecule has 0 aliphatic heterocycles. The van der Waals surface area contributed by atoms with Crippen LogP contribution in [-0.4, -0.2) is 19.1 Å². The molecule has 2 aliphatic carbocycles. The summed E-state index contributed by atoms with van der Waals surface area (Å²) >= 11 is 0. The summed E-state index contributed by atoms with van der Waals surface area (Å²) in [6.07, 6.45) is 0. The maximum atomic E-state index is 5.69. The molecule has 0 unspecified atom stereocenters. The van der Waals surface area contributed by atoms with Crippen molar-refractivity contribution in [3.05, 3.63) is 277 Å². The second-order valence-electron chi connectivity index (χ2n) is 19.6. The van der Waals surface area contributed by atoms with Gasteiger partial charge in [-0.05, 0) is 134 Å². The number of aromatic nitrogens is 4. The van der Waals surface area contributed by atoms with Crippen LogP contribution < -0.4 is 0 Å². The maximum Gasteiger partial charge on any atom is 0.145 e. The topological polar surface area (TPSA) is 35.6 Å². The second-order valence-corrected chi connectivity index (χ2v) is 19.6. The second kappa shape index (κ2) is 15.2. The number of fused-ring (bicyclic) bond motifs is 17. The number of nitrogens with zero attached hydrogens (tertiary/aromatic N) is 4. The van der Waals surface area contributed by atoms with Crippen molar-refractivity contribution in [3.8, 4) is 67.4 Å². The van der Waals surface area contributed by atoms with Gasteiger partial charge in [0.1, 0.15) is 5.82 Å². The first kappa shape index (κ1) is 40.1. The van der Waals surface area contributed by atoms with E-state index in [-0.39, 0.29) is 0 Å². The number of pyridine rings is 1. The third-order valence-corrected chi connectivity index (χ3v) is 15.9. The number of para-hydroxylation sites is 6.